The number of hydrogen-bond acceptors (Lipinski definition) is 5. The van der Waals surface area contributed by atoms with Crippen LogP contribution in [-0.2, 0) is 22.7 Å². The summed E-state index contributed by atoms with van der Waals surface area (Å²) < 4.78 is 6.39. The number of hydrogen-bond donors (Lipinski definition) is 2. The highest BCUT2D eigenvalue weighted by atomic mass is 16.5. The van der Waals surface area contributed by atoms with E-state index >= 15 is 0 Å². The maximum atomic E-state index is 13.2. The van der Waals surface area contributed by atoms with Crippen LogP contribution in [0.25, 0.3) is 44.2 Å². The molecule has 0 unspecified atom stereocenters. The first-order chi connectivity index (χ1) is 24.3. The Bertz CT molecular complexity index is 2030. The van der Waals surface area contributed by atoms with Crippen molar-refractivity contribution < 1.29 is 14.3 Å². The SMILES string of the molecule is CCCCC(=O)N(Cc1ncc(-c2ccc3c(c2)COc2cc4c(ccc5[nH]c([C@@H]6CCCN6C(=O)C[C@H](C)CC)nc54)cc2-3)[nH]1)[C@@H](C)CC. The number of nitrogens with zero attached hydrogens (tertiary/aromatic N) is 4. The molecule has 0 radical (unpaired) electrons. The van der Waals surface area contributed by atoms with Gasteiger partial charge in [-0.1, -0.05) is 58.7 Å². The van der Waals surface area contributed by atoms with Crippen molar-refractivity contribution in [3.63, 3.8) is 0 Å². The molecule has 2 N–H and O–H groups in total. The van der Waals surface area contributed by atoms with Crippen molar-refractivity contribution in [3.8, 4) is 28.1 Å². The zero-order valence-corrected chi connectivity index (χ0v) is 30.1. The number of likely N-dealkylation sites (tertiary alicyclic amines) is 1. The van der Waals surface area contributed by atoms with Gasteiger partial charge in [-0.05, 0) is 84.9 Å². The summed E-state index contributed by atoms with van der Waals surface area (Å²) in [7, 11) is 0. The van der Waals surface area contributed by atoms with Crippen LogP contribution in [-0.4, -0.2) is 54.1 Å². The summed E-state index contributed by atoms with van der Waals surface area (Å²) in [5.41, 5.74) is 7.20. The van der Waals surface area contributed by atoms with Crippen LogP contribution in [0.15, 0.2) is 48.7 Å². The van der Waals surface area contributed by atoms with E-state index < -0.39 is 0 Å². The van der Waals surface area contributed by atoms with Gasteiger partial charge in [-0.3, -0.25) is 9.59 Å². The van der Waals surface area contributed by atoms with E-state index in [0.29, 0.717) is 31.9 Å². The maximum absolute atomic E-state index is 13.2. The van der Waals surface area contributed by atoms with Gasteiger partial charge in [-0.2, -0.15) is 0 Å². The van der Waals surface area contributed by atoms with Crippen LogP contribution in [0.4, 0.5) is 0 Å². The number of fused-ring (bicyclic) bond motifs is 6. The highest BCUT2D eigenvalue weighted by Gasteiger charge is 2.33. The van der Waals surface area contributed by atoms with E-state index in [1.807, 2.05) is 16.0 Å². The van der Waals surface area contributed by atoms with Crippen LogP contribution in [0.3, 0.4) is 0 Å². The Kier molecular flexibility index (Phi) is 9.67. The van der Waals surface area contributed by atoms with Gasteiger partial charge in [0.2, 0.25) is 11.8 Å². The average Bonchev–Trinajstić information content (AvgIpc) is 3.91. The number of carbonyl (C=O) groups is 2. The lowest BCUT2D eigenvalue weighted by atomic mass is 9.92. The minimum Gasteiger partial charge on any atom is -0.488 e. The van der Waals surface area contributed by atoms with E-state index in [9.17, 15) is 9.59 Å². The van der Waals surface area contributed by atoms with Gasteiger partial charge in [0.15, 0.2) is 0 Å². The Morgan fingerprint density at radius 2 is 1.90 bits per heavy atom. The molecular weight excluding hydrogens is 624 g/mol. The molecule has 5 aromatic rings. The van der Waals surface area contributed by atoms with Crippen molar-refractivity contribution in [2.45, 2.75) is 111 Å². The predicted octanol–water partition coefficient (Wildman–Crippen LogP) is 9.08. The number of carbonyl (C=O) groups excluding carboxylic acids is 2. The number of amides is 2. The molecule has 262 valence electrons. The third-order valence-electron chi connectivity index (χ3n) is 10.9. The van der Waals surface area contributed by atoms with E-state index in [1.54, 1.807) is 0 Å². The van der Waals surface area contributed by atoms with E-state index in [4.69, 9.17) is 9.72 Å². The molecular formula is C41H50N6O3. The largest absolute Gasteiger partial charge is 0.488 e. The lowest BCUT2D eigenvalue weighted by molar-refractivity contribution is -0.134. The summed E-state index contributed by atoms with van der Waals surface area (Å²) in [6.07, 6.45) is 8.76. The molecule has 2 aromatic heterocycles. The Hall–Kier alpha value is -4.66. The molecule has 2 aliphatic heterocycles. The lowest BCUT2D eigenvalue weighted by Gasteiger charge is -2.28. The molecule has 1 saturated heterocycles. The van der Waals surface area contributed by atoms with Crippen LogP contribution in [0, 0.1) is 5.92 Å². The highest BCUT2D eigenvalue weighted by molar-refractivity contribution is 6.07. The third kappa shape index (κ3) is 6.50. The second kappa shape index (κ2) is 14.3. The van der Waals surface area contributed by atoms with Gasteiger partial charge in [0.1, 0.15) is 24.0 Å². The molecule has 0 aliphatic carbocycles. The number of benzene rings is 3. The minimum absolute atomic E-state index is 0.0120. The van der Waals surface area contributed by atoms with Crippen molar-refractivity contribution in [1.29, 1.82) is 0 Å². The number of ether oxygens (including phenoxy) is 1. The first-order valence-corrected chi connectivity index (χ1v) is 18.6. The quantitative estimate of drug-likeness (QED) is 0.137. The van der Waals surface area contributed by atoms with Gasteiger partial charge < -0.3 is 24.5 Å². The van der Waals surface area contributed by atoms with Gasteiger partial charge >= 0.3 is 0 Å². The molecule has 0 bridgehead atoms. The first kappa shape index (κ1) is 33.8. The molecule has 1 fully saturated rings. The molecule has 4 heterocycles. The van der Waals surface area contributed by atoms with Gasteiger partial charge in [-0.25, -0.2) is 9.97 Å². The topological polar surface area (TPSA) is 107 Å². The molecule has 2 aliphatic rings. The maximum Gasteiger partial charge on any atom is 0.223 e. The standard InChI is InChI=1S/C41H50N6O3/c1-6-9-12-38(48)47(26(5)8-3)23-37-42-22-34(43-37)28-13-15-30-29(19-28)24-50-36-21-31-27(20-32(30)36)14-16-33-40(31)45-41(44-33)35-11-10-17-46(35)39(49)18-25(4)7-2/h13-16,19-22,25-26,35H,6-12,17-18,23-24H2,1-5H3,(H,42,43)(H,44,45)/t25-,26+,35+/m1/s1. The monoisotopic (exact) mass is 674 g/mol. The number of imidazole rings is 2. The van der Waals surface area contributed by atoms with Gasteiger partial charge in [0.05, 0.1) is 35.5 Å². The second-order valence-electron chi connectivity index (χ2n) is 14.4. The molecule has 9 nitrogen and oxygen atoms in total. The summed E-state index contributed by atoms with van der Waals surface area (Å²) in [5, 5.41) is 2.15. The van der Waals surface area contributed by atoms with Crippen molar-refractivity contribution in [2.75, 3.05) is 6.54 Å². The molecule has 2 amide bonds. The fourth-order valence-electron chi connectivity index (χ4n) is 7.47. The molecule has 50 heavy (non-hydrogen) atoms. The number of H-pyrrole nitrogens is 2. The van der Waals surface area contributed by atoms with Gasteiger partial charge in [0.25, 0.3) is 0 Å². The van der Waals surface area contributed by atoms with E-state index in [2.05, 4.69) is 92.0 Å². The van der Waals surface area contributed by atoms with Crippen molar-refractivity contribution in [1.82, 2.24) is 29.7 Å². The molecule has 9 heteroatoms. The van der Waals surface area contributed by atoms with E-state index in [-0.39, 0.29) is 23.9 Å². The van der Waals surface area contributed by atoms with Crippen molar-refractivity contribution in [2.24, 2.45) is 5.92 Å². The summed E-state index contributed by atoms with van der Waals surface area (Å²) >= 11 is 0. The van der Waals surface area contributed by atoms with Gasteiger partial charge in [-0.15, -0.1) is 0 Å². The predicted molar refractivity (Wildman–Crippen MR) is 199 cm³/mol. The van der Waals surface area contributed by atoms with Crippen LogP contribution >= 0.6 is 0 Å². The lowest BCUT2D eigenvalue weighted by Crippen LogP contribution is -2.38. The smallest absolute Gasteiger partial charge is 0.223 e. The number of aromatic nitrogens is 4. The van der Waals surface area contributed by atoms with Crippen LogP contribution in [0.1, 0.15) is 109 Å². The minimum atomic E-state index is -0.0120. The molecule has 7 rings (SSSR count). The van der Waals surface area contributed by atoms with Crippen LogP contribution in [0.5, 0.6) is 5.75 Å². The number of nitrogens with one attached hydrogen (secondary N) is 2. The highest BCUT2D eigenvalue weighted by Crippen LogP contribution is 2.43. The molecule has 0 spiro atoms. The summed E-state index contributed by atoms with van der Waals surface area (Å²) in [4.78, 5) is 46.9. The van der Waals surface area contributed by atoms with E-state index in [1.165, 1.54) is 0 Å². The van der Waals surface area contributed by atoms with Crippen molar-refractivity contribution in [3.05, 3.63) is 65.9 Å². The average molecular weight is 675 g/mol. The van der Waals surface area contributed by atoms with E-state index in [0.717, 1.165) is 112 Å². The summed E-state index contributed by atoms with van der Waals surface area (Å²) in [6, 6.07) is 15.2. The zero-order valence-electron chi connectivity index (χ0n) is 30.1. The second-order valence-corrected chi connectivity index (χ2v) is 14.4. The normalized spacial score (nSPS) is 16.7. The van der Waals surface area contributed by atoms with Crippen LogP contribution < -0.4 is 4.74 Å². The molecule has 3 atom stereocenters. The zero-order chi connectivity index (χ0) is 34.9. The molecule has 3 aromatic carbocycles. The first-order valence-electron chi connectivity index (χ1n) is 18.6. The number of aromatic amines is 2. The van der Waals surface area contributed by atoms with Crippen molar-refractivity contribution >= 4 is 33.6 Å². The Morgan fingerprint density at radius 3 is 2.70 bits per heavy atom. The fraction of sp³-hybridized carbons (Fsp3) is 0.463. The number of rotatable bonds is 12. The Balaban J connectivity index is 1.13. The Morgan fingerprint density at radius 1 is 1.04 bits per heavy atom. The van der Waals surface area contributed by atoms with Crippen LogP contribution in [0.2, 0.25) is 0 Å². The summed E-state index contributed by atoms with van der Waals surface area (Å²) in [6.45, 7) is 12.4. The summed E-state index contributed by atoms with van der Waals surface area (Å²) in [5.74, 6) is 3.32. The van der Waals surface area contributed by atoms with Gasteiger partial charge in [0, 0.05) is 36.4 Å². The third-order valence-corrected chi connectivity index (χ3v) is 10.9. The molecule has 0 saturated carbocycles. The Labute approximate surface area is 294 Å². The fourth-order valence-corrected chi connectivity index (χ4v) is 7.47. The number of unbranched alkanes of at least 4 members (excludes halogenated alkanes) is 1.